The maximum Gasteiger partial charge on any atom is 0.243 e. The number of amides is 1. The van der Waals surface area contributed by atoms with Crippen molar-refractivity contribution in [3.8, 4) is 11.5 Å². The Morgan fingerprint density at radius 2 is 1.58 bits per heavy atom. The highest BCUT2D eigenvalue weighted by Gasteiger charge is 2.04. The lowest BCUT2D eigenvalue weighted by Crippen LogP contribution is -2.21. The Kier molecular flexibility index (Phi) is 8.29. The number of benzene rings is 2. The molecule has 0 fully saturated rings. The van der Waals surface area contributed by atoms with Crippen molar-refractivity contribution in [1.29, 1.82) is 0 Å². The lowest BCUT2D eigenvalue weighted by atomic mass is 10.3. The molecular weight excluding hydrogens is 332 g/mol. The SMILES string of the molecule is CCCOc1cccc(NCC(=O)Nc2cccc(OCCOC)c2)c1. The average Bonchev–Trinajstić information content (AvgIpc) is 2.66. The molecule has 140 valence electrons. The van der Waals surface area contributed by atoms with Crippen LogP contribution in [0.5, 0.6) is 11.5 Å². The van der Waals surface area contributed by atoms with E-state index < -0.39 is 0 Å². The van der Waals surface area contributed by atoms with Gasteiger partial charge in [-0.25, -0.2) is 0 Å². The first-order chi connectivity index (χ1) is 12.7. The molecule has 0 bridgehead atoms. The fraction of sp³-hybridized carbons (Fsp3) is 0.350. The molecule has 6 nitrogen and oxygen atoms in total. The molecule has 0 spiro atoms. The molecule has 0 unspecified atom stereocenters. The van der Waals surface area contributed by atoms with E-state index in [9.17, 15) is 4.79 Å². The number of hydrogen-bond donors (Lipinski definition) is 2. The highest BCUT2D eigenvalue weighted by atomic mass is 16.5. The van der Waals surface area contributed by atoms with Crippen molar-refractivity contribution in [2.45, 2.75) is 13.3 Å². The molecule has 0 aliphatic rings. The van der Waals surface area contributed by atoms with E-state index in [-0.39, 0.29) is 12.5 Å². The Morgan fingerprint density at radius 3 is 2.27 bits per heavy atom. The molecule has 0 aromatic heterocycles. The van der Waals surface area contributed by atoms with Crippen LogP contribution in [0.3, 0.4) is 0 Å². The summed E-state index contributed by atoms with van der Waals surface area (Å²) in [5.74, 6) is 1.34. The van der Waals surface area contributed by atoms with Gasteiger partial charge in [-0.2, -0.15) is 0 Å². The van der Waals surface area contributed by atoms with Crippen molar-refractivity contribution in [3.05, 3.63) is 48.5 Å². The molecule has 26 heavy (non-hydrogen) atoms. The first kappa shape index (κ1) is 19.6. The Bertz CT molecular complexity index is 691. The maximum absolute atomic E-state index is 12.1. The molecular formula is C20H26N2O4. The highest BCUT2D eigenvalue weighted by molar-refractivity contribution is 5.93. The molecule has 2 rings (SSSR count). The Morgan fingerprint density at radius 1 is 0.923 bits per heavy atom. The van der Waals surface area contributed by atoms with Gasteiger partial charge in [-0.3, -0.25) is 4.79 Å². The van der Waals surface area contributed by atoms with Crippen LogP contribution in [0.1, 0.15) is 13.3 Å². The first-order valence-electron chi connectivity index (χ1n) is 8.69. The third kappa shape index (κ3) is 7.03. The van der Waals surface area contributed by atoms with Gasteiger partial charge in [0.05, 0.1) is 19.8 Å². The van der Waals surface area contributed by atoms with Crippen molar-refractivity contribution in [2.75, 3.05) is 44.1 Å². The third-order valence-corrected chi connectivity index (χ3v) is 3.43. The van der Waals surface area contributed by atoms with Gasteiger partial charge in [-0.15, -0.1) is 0 Å². The molecule has 1 amide bonds. The van der Waals surface area contributed by atoms with Gasteiger partial charge >= 0.3 is 0 Å². The summed E-state index contributed by atoms with van der Waals surface area (Å²) in [6.07, 6.45) is 0.953. The van der Waals surface area contributed by atoms with E-state index in [1.54, 1.807) is 13.2 Å². The van der Waals surface area contributed by atoms with Crippen LogP contribution in [-0.4, -0.2) is 39.4 Å². The zero-order chi connectivity index (χ0) is 18.6. The number of nitrogens with one attached hydrogen (secondary N) is 2. The minimum atomic E-state index is -0.140. The number of ether oxygens (including phenoxy) is 3. The van der Waals surface area contributed by atoms with E-state index in [4.69, 9.17) is 14.2 Å². The van der Waals surface area contributed by atoms with E-state index >= 15 is 0 Å². The van der Waals surface area contributed by atoms with Crippen molar-refractivity contribution in [3.63, 3.8) is 0 Å². The smallest absolute Gasteiger partial charge is 0.243 e. The first-order valence-corrected chi connectivity index (χ1v) is 8.69. The molecule has 2 aromatic carbocycles. The number of carbonyl (C=O) groups excluding carboxylic acids is 1. The van der Waals surface area contributed by atoms with E-state index in [0.717, 1.165) is 17.9 Å². The molecule has 0 aliphatic carbocycles. The second-order valence-corrected chi connectivity index (χ2v) is 5.65. The number of methoxy groups -OCH3 is 1. The highest BCUT2D eigenvalue weighted by Crippen LogP contribution is 2.19. The molecule has 2 aromatic rings. The summed E-state index contributed by atoms with van der Waals surface area (Å²) in [7, 11) is 1.62. The molecule has 0 atom stereocenters. The fourth-order valence-corrected chi connectivity index (χ4v) is 2.21. The molecule has 0 heterocycles. The zero-order valence-electron chi connectivity index (χ0n) is 15.3. The summed E-state index contributed by atoms with van der Waals surface area (Å²) in [5, 5.41) is 5.95. The summed E-state index contributed by atoms with van der Waals surface area (Å²) in [4.78, 5) is 12.1. The molecule has 0 saturated carbocycles. The van der Waals surface area contributed by atoms with Crippen LogP contribution in [-0.2, 0) is 9.53 Å². The summed E-state index contributed by atoms with van der Waals surface area (Å²) in [5.41, 5.74) is 1.53. The van der Waals surface area contributed by atoms with Crippen LogP contribution >= 0.6 is 0 Å². The van der Waals surface area contributed by atoms with Crippen molar-refractivity contribution in [2.24, 2.45) is 0 Å². The largest absolute Gasteiger partial charge is 0.494 e. The monoisotopic (exact) mass is 358 g/mol. The topological polar surface area (TPSA) is 68.8 Å². The quantitative estimate of drug-likeness (QED) is 0.601. The lowest BCUT2D eigenvalue weighted by Gasteiger charge is -2.11. The number of rotatable bonds is 11. The standard InChI is InChI=1S/C20H26N2O4/c1-3-10-25-18-8-4-6-16(13-18)21-15-20(23)22-17-7-5-9-19(14-17)26-12-11-24-2/h4-9,13-14,21H,3,10-12,15H2,1-2H3,(H,22,23). The molecule has 2 N–H and O–H groups in total. The van der Waals surface area contributed by atoms with Gasteiger partial charge in [0.25, 0.3) is 0 Å². The third-order valence-electron chi connectivity index (χ3n) is 3.43. The van der Waals surface area contributed by atoms with E-state index in [2.05, 4.69) is 17.6 Å². The van der Waals surface area contributed by atoms with Crippen molar-refractivity contribution in [1.82, 2.24) is 0 Å². The fourth-order valence-electron chi connectivity index (χ4n) is 2.21. The van der Waals surface area contributed by atoms with E-state index in [0.29, 0.717) is 31.3 Å². The summed E-state index contributed by atoms with van der Waals surface area (Å²) in [6.45, 7) is 3.87. The normalized spacial score (nSPS) is 10.2. The van der Waals surface area contributed by atoms with Gasteiger partial charge in [-0.05, 0) is 30.7 Å². The van der Waals surface area contributed by atoms with Crippen LogP contribution < -0.4 is 20.1 Å². The van der Waals surface area contributed by atoms with Gasteiger partial charge in [0.2, 0.25) is 5.91 Å². The van der Waals surface area contributed by atoms with Crippen LogP contribution in [0.15, 0.2) is 48.5 Å². The Labute approximate surface area is 154 Å². The second-order valence-electron chi connectivity index (χ2n) is 5.65. The molecule has 0 aliphatic heterocycles. The number of hydrogen-bond acceptors (Lipinski definition) is 5. The number of carbonyl (C=O) groups is 1. The lowest BCUT2D eigenvalue weighted by molar-refractivity contribution is -0.114. The minimum Gasteiger partial charge on any atom is -0.494 e. The number of anilines is 2. The summed E-state index contributed by atoms with van der Waals surface area (Å²) < 4.78 is 16.1. The predicted molar refractivity (Wildman–Crippen MR) is 103 cm³/mol. The zero-order valence-corrected chi connectivity index (χ0v) is 15.3. The van der Waals surface area contributed by atoms with Gasteiger partial charge in [0.15, 0.2) is 0 Å². The maximum atomic E-state index is 12.1. The van der Waals surface area contributed by atoms with Gasteiger partial charge in [0.1, 0.15) is 18.1 Å². The average molecular weight is 358 g/mol. The van der Waals surface area contributed by atoms with Crippen LogP contribution in [0.4, 0.5) is 11.4 Å². The molecule has 0 saturated heterocycles. The summed E-state index contributed by atoms with van der Waals surface area (Å²) >= 11 is 0. The minimum absolute atomic E-state index is 0.140. The molecule has 6 heteroatoms. The summed E-state index contributed by atoms with van der Waals surface area (Å²) in [6, 6.07) is 14.9. The van der Waals surface area contributed by atoms with E-state index in [1.165, 1.54) is 0 Å². The van der Waals surface area contributed by atoms with E-state index in [1.807, 2.05) is 42.5 Å². The van der Waals surface area contributed by atoms with Crippen molar-refractivity contribution < 1.29 is 19.0 Å². The van der Waals surface area contributed by atoms with Gasteiger partial charge in [0, 0.05) is 30.6 Å². The Balaban J connectivity index is 1.82. The van der Waals surface area contributed by atoms with Crippen molar-refractivity contribution >= 4 is 17.3 Å². The van der Waals surface area contributed by atoms with Gasteiger partial charge < -0.3 is 24.8 Å². The predicted octanol–water partition coefficient (Wildman–Crippen LogP) is 3.55. The Hall–Kier alpha value is -2.73. The van der Waals surface area contributed by atoms with Crippen LogP contribution in [0.2, 0.25) is 0 Å². The van der Waals surface area contributed by atoms with Crippen LogP contribution in [0, 0.1) is 0 Å². The van der Waals surface area contributed by atoms with Crippen LogP contribution in [0.25, 0.3) is 0 Å². The molecule has 0 radical (unpaired) electrons. The second kappa shape index (κ2) is 11.0. The van der Waals surface area contributed by atoms with Gasteiger partial charge in [-0.1, -0.05) is 19.1 Å².